The smallest absolute Gasteiger partial charge is 0.323 e. The van der Waals surface area contributed by atoms with Crippen LogP contribution in [0.25, 0.3) is 11.5 Å². The zero-order valence-electron chi connectivity index (χ0n) is 12.9. The minimum absolute atomic E-state index is 0.201. The van der Waals surface area contributed by atoms with Crippen LogP contribution in [0, 0.1) is 6.92 Å². The number of methoxy groups -OCH3 is 1. The molecule has 1 aromatic heterocycles. The molecule has 8 nitrogen and oxygen atoms in total. The third kappa shape index (κ3) is 4.36. The van der Waals surface area contributed by atoms with Crippen molar-refractivity contribution < 1.29 is 23.8 Å². The number of carbonyl (C=O) groups excluding carboxylic acids is 1. The van der Waals surface area contributed by atoms with Crippen molar-refractivity contribution in [3.05, 3.63) is 35.7 Å². The number of aryl methyl sites for hydroxylation is 1. The Labute approximate surface area is 132 Å². The molecule has 0 saturated heterocycles. The third-order valence-electron chi connectivity index (χ3n) is 3.08. The molecule has 8 heteroatoms. The van der Waals surface area contributed by atoms with Crippen molar-refractivity contribution in [2.75, 3.05) is 26.8 Å². The van der Waals surface area contributed by atoms with Crippen molar-refractivity contribution in [3.8, 4) is 11.5 Å². The Kier molecular flexibility index (Phi) is 5.42. The van der Waals surface area contributed by atoms with E-state index in [1.807, 2.05) is 0 Å². The summed E-state index contributed by atoms with van der Waals surface area (Å²) in [4.78, 5) is 24.5. The van der Waals surface area contributed by atoms with Gasteiger partial charge in [-0.1, -0.05) is 0 Å². The van der Waals surface area contributed by atoms with Crippen molar-refractivity contribution in [1.82, 2.24) is 15.1 Å². The number of aliphatic carboxylic acids is 1. The van der Waals surface area contributed by atoms with Crippen molar-refractivity contribution >= 4 is 11.9 Å². The zero-order chi connectivity index (χ0) is 16.8. The quantitative estimate of drug-likeness (QED) is 0.817. The van der Waals surface area contributed by atoms with Crippen LogP contribution in [0.15, 0.2) is 28.7 Å². The third-order valence-corrected chi connectivity index (χ3v) is 3.08. The molecule has 122 valence electrons. The first-order valence-corrected chi connectivity index (χ1v) is 6.92. The van der Waals surface area contributed by atoms with E-state index in [0.29, 0.717) is 22.9 Å². The second-order valence-electron chi connectivity index (χ2n) is 4.82. The number of carboxylic acids is 1. The van der Waals surface area contributed by atoms with E-state index in [0.717, 1.165) is 0 Å². The maximum atomic E-state index is 12.4. The lowest BCUT2D eigenvalue weighted by atomic mass is 10.1. The molecule has 1 aromatic carbocycles. The van der Waals surface area contributed by atoms with Gasteiger partial charge in [-0.05, 0) is 24.3 Å². The van der Waals surface area contributed by atoms with Gasteiger partial charge in [-0.25, -0.2) is 0 Å². The van der Waals surface area contributed by atoms with Gasteiger partial charge in [0.2, 0.25) is 11.8 Å². The van der Waals surface area contributed by atoms with Crippen molar-refractivity contribution in [3.63, 3.8) is 0 Å². The van der Waals surface area contributed by atoms with E-state index in [4.69, 9.17) is 14.3 Å². The summed E-state index contributed by atoms with van der Waals surface area (Å²) in [6.45, 7) is 1.77. The molecular weight excluding hydrogens is 302 g/mol. The fourth-order valence-corrected chi connectivity index (χ4v) is 1.97. The fourth-order valence-electron chi connectivity index (χ4n) is 1.97. The van der Waals surface area contributed by atoms with E-state index in [1.165, 1.54) is 12.0 Å². The van der Waals surface area contributed by atoms with Gasteiger partial charge in [0.25, 0.3) is 5.91 Å². The molecule has 0 saturated carbocycles. The summed E-state index contributed by atoms with van der Waals surface area (Å²) in [6.07, 6.45) is 0. The number of nitrogens with zero attached hydrogens (tertiary/aromatic N) is 3. The highest BCUT2D eigenvalue weighted by atomic mass is 16.5. The van der Waals surface area contributed by atoms with Gasteiger partial charge in [-0.15, -0.1) is 10.2 Å². The van der Waals surface area contributed by atoms with Crippen molar-refractivity contribution in [2.24, 2.45) is 0 Å². The molecule has 0 aliphatic rings. The number of hydrogen-bond donors (Lipinski definition) is 1. The van der Waals surface area contributed by atoms with Gasteiger partial charge in [0.15, 0.2) is 0 Å². The Morgan fingerprint density at radius 3 is 2.48 bits per heavy atom. The van der Waals surface area contributed by atoms with E-state index in [1.54, 1.807) is 31.2 Å². The molecular formula is C15H17N3O5. The molecule has 0 bridgehead atoms. The van der Waals surface area contributed by atoms with Gasteiger partial charge >= 0.3 is 5.97 Å². The molecule has 0 aliphatic heterocycles. The maximum absolute atomic E-state index is 12.4. The summed E-state index contributed by atoms with van der Waals surface area (Å²) >= 11 is 0. The lowest BCUT2D eigenvalue weighted by Gasteiger charge is -2.20. The van der Waals surface area contributed by atoms with Crippen LogP contribution in [0.5, 0.6) is 0 Å². The largest absolute Gasteiger partial charge is 0.480 e. The average Bonchev–Trinajstić information content (AvgIpc) is 2.97. The molecule has 1 N–H and O–H groups in total. The number of hydrogen-bond acceptors (Lipinski definition) is 6. The first-order chi connectivity index (χ1) is 11.0. The normalized spacial score (nSPS) is 10.5. The molecule has 0 aliphatic carbocycles. The molecule has 0 spiro atoms. The molecule has 0 atom stereocenters. The molecule has 1 amide bonds. The number of ether oxygens (including phenoxy) is 1. The monoisotopic (exact) mass is 319 g/mol. The maximum Gasteiger partial charge on any atom is 0.323 e. The zero-order valence-corrected chi connectivity index (χ0v) is 12.9. The van der Waals surface area contributed by atoms with Crippen molar-refractivity contribution in [1.29, 1.82) is 0 Å². The standard InChI is InChI=1S/C15H17N3O5/c1-10-16-17-14(23-10)11-3-5-12(6-4-11)15(21)18(7-8-22-2)9-13(19)20/h3-6H,7-9H2,1-2H3,(H,19,20). The molecule has 1 heterocycles. The van der Waals surface area contributed by atoms with E-state index in [-0.39, 0.29) is 25.6 Å². The first-order valence-electron chi connectivity index (χ1n) is 6.92. The highest BCUT2D eigenvalue weighted by molar-refractivity contribution is 5.96. The van der Waals surface area contributed by atoms with E-state index in [2.05, 4.69) is 10.2 Å². The second-order valence-corrected chi connectivity index (χ2v) is 4.82. The summed E-state index contributed by atoms with van der Waals surface area (Å²) in [5.41, 5.74) is 1.06. The van der Waals surface area contributed by atoms with E-state index in [9.17, 15) is 9.59 Å². The van der Waals surface area contributed by atoms with Crippen LogP contribution in [0.1, 0.15) is 16.2 Å². The van der Waals surface area contributed by atoms with Gasteiger partial charge in [0.1, 0.15) is 6.54 Å². The molecule has 0 unspecified atom stereocenters. The number of rotatable bonds is 7. The number of aromatic nitrogens is 2. The summed E-state index contributed by atoms with van der Waals surface area (Å²) in [6, 6.07) is 6.54. The lowest BCUT2D eigenvalue weighted by molar-refractivity contribution is -0.137. The van der Waals surface area contributed by atoms with Crippen LogP contribution in [-0.4, -0.2) is 58.9 Å². The average molecular weight is 319 g/mol. The SMILES string of the molecule is COCCN(CC(=O)O)C(=O)c1ccc(-c2nnc(C)o2)cc1. The van der Waals surface area contributed by atoms with Gasteiger partial charge in [-0.3, -0.25) is 9.59 Å². The Morgan fingerprint density at radius 1 is 1.26 bits per heavy atom. The summed E-state index contributed by atoms with van der Waals surface area (Å²) in [5.74, 6) is -0.638. The van der Waals surface area contributed by atoms with Crippen molar-refractivity contribution in [2.45, 2.75) is 6.92 Å². The Balaban J connectivity index is 2.15. The highest BCUT2D eigenvalue weighted by Crippen LogP contribution is 2.18. The van der Waals surface area contributed by atoms with Crippen LogP contribution >= 0.6 is 0 Å². The Hall–Kier alpha value is -2.74. The predicted octanol–water partition coefficient (Wildman–Crippen LogP) is 1.22. The van der Waals surface area contributed by atoms with Crippen LogP contribution < -0.4 is 0 Å². The number of benzene rings is 1. The Bertz CT molecular complexity index is 681. The number of carboxylic acid groups (broad SMARTS) is 1. The van der Waals surface area contributed by atoms with Crippen LogP contribution in [0.4, 0.5) is 0 Å². The van der Waals surface area contributed by atoms with Gasteiger partial charge in [0.05, 0.1) is 6.61 Å². The summed E-state index contributed by atoms with van der Waals surface area (Å²) in [7, 11) is 1.49. The Morgan fingerprint density at radius 2 is 1.96 bits per heavy atom. The highest BCUT2D eigenvalue weighted by Gasteiger charge is 2.18. The van der Waals surface area contributed by atoms with Crippen LogP contribution in [0.3, 0.4) is 0 Å². The molecule has 23 heavy (non-hydrogen) atoms. The lowest BCUT2D eigenvalue weighted by Crippen LogP contribution is -2.37. The molecule has 2 aromatic rings. The van der Waals surface area contributed by atoms with Gasteiger partial charge < -0.3 is 19.2 Å². The molecule has 2 rings (SSSR count). The predicted molar refractivity (Wildman–Crippen MR) is 79.9 cm³/mol. The summed E-state index contributed by atoms with van der Waals surface area (Å²) < 4.78 is 10.2. The molecule has 0 fully saturated rings. The van der Waals surface area contributed by atoms with Crippen LogP contribution in [-0.2, 0) is 9.53 Å². The van der Waals surface area contributed by atoms with Crippen LogP contribution in [0.2, 0.25) is 0 Å². The minimum Gasteiger partial charge on any atom is -0.480 e. The fraction of sp³-hybridized carbons (Fsp3) is 0.333. The number of amides is 1. The topological polar surface area (TPSA) is 106 Å². The summed E-state index contributed by atoms with van der Waals surface area (Å²) in [5, 5.41) is 16.6. The van der Waals surface area contributed by atoms with E-state index >= 15 is 0 Å². The van der Waals surface area contributed by atoms with Gasteiger partial charge in [-0.2, -0.15) is 0 Å². The van der Waals surface area contributed by atoms with Gasteiger partial charge in [0, 0.05) is 31.7 Å². The first kappa shape index (κ1) is 16.6. The number of carbonyl (C=O) groups is 2. The van der Waals surface area contributed by atoms with E-state index < -0.39 is 5.97 Å². The second kappa shape index (κ2) is 7.50. The minimum atomic E-state index is -1.08. The molecule has 0 radical (unpaired) electrons.